The number of esters is 1. The number of hydrogen-bond acceptors (Lipinski definition) is 2. The van der Waals surface area contributed by atoms with Gasteiger partial charge in [0.25, 0.3) is 0 Å². The highest BCUT2D eigenvalue weighted by Gasteiger charge is 2.60. The highest BCUT2D eigenvalue weighted by atomic mass is 79.9. The molecule has 0 spiro atoms. The minimum absolute atomic E-state index is 0.140. The van der Waals surface area contributed by atoms with Gasteiger partial charge in [-0.2, -0.15) is 0 Å². The zero-order valence-electron chi connectivity index (χ0n) is 8.57. The van der Waals surface area contributed by atoms with E-state index in [1.165, 1.54) is 5.56 Å². The van der Waals surface area contributed by atoms with E-state index < -0.39 is 4.32 Å². The van der Waals surface area contributed by atoms with Crippen LogP contribution in [0.2, 0.25) is 0 Å². The first-order valence-corrected chi connectivity index (χ1v) is 5.89. The summed E-state index contributed by atoms with van der Waals surface area (Å²) in [7, 11) is 0. The number of halogens is 1. The van der Waals surface area contributed by atoms with Crippen molar-refractivity contribution >= 4 is 21.9 Å². The van der Waals surface area contributed by atoms with E-state index in [9.17, 15) is 4.79 Å². The maximum atomic E-state index is 11.6. The van der Waals surface area contributed by atoms with Crippen LogP contribution in [0, 0.1) is 0 Å². The van der Waals surface area contributed by atoms with Gasteiger partial charge in [-0.25, -0.2) is 0 Å². The molecule has 1 fully saturated rings. The largest absolute Gasteiger partial charge is 0.465 e. The Hall–Kier alpha value is -0.830. The Morgan fingerprint density at radius 2 is 2.20 bits per heavy atom. The molecule has 0 heterocycles. The van der Waals surface area contributed by atoms with Gasteiger partial charge in [-0.3, -0.25) is 4.79 Å². The smallest absolute Gasteiger partial charge is 0.323 e. The number of ether oxygens (including phenoxy) is 1. The van der Waals surface area contributed by atoms with Gasteiger partial charge in [0.1, 0.15) is 4.32 Å². The molecule has 1 aromatic carbocycles. The van der Waals surface area contributed by atoms with Crippen molar-refractivity contribution in [3.63, 3.8) is 0 Å². The van der Waals surface area contributed by atoms with E-state index in [1.807, 2.05) is 37.3 Å². The predicted octanol–water partition coefficient (Wildman–Crippen LogP) is 2.87. The van der Waals surface area contributed by atoms with Crippen molar-refractivity contribution in [1.29, 1.82) is 0 Å². The van der Waals surface area contributed by atoms with E-state index in [1.54, 1.807) is 0 Å². The number of carbonyl (C=O) groups excluding carboxylic acids is 1. The average Bonchev–Trinajstić information content (AvgIpc) is 2.94. The first-order chi connectivity index (χ1) is 7.18. The number of carbonyl (C=O) groups is 1. The molecule has 0 radical (unpaired) electrons. The predicted molar refractivity (Wildman–Crippen MR) is 62.1 cm³/mol. The number of rotatable bonds is 3. The van der Waals surface area contributed by atoms with Crippen molar-refractivity contribution in [2.24, 2.45) is 0 Å². The summed E-state index contributed by atoms with van der Waals surface area (Å²) in [6.07, 6.45) is 0.829. The van der Waals surface area contributed by atoms with Crippen LogP contribution in [0.5, 0.6) is 0 Å². The Morgan fingerprint density at radius 1 is 1.53 bits per heavy atom. The number of benzene rings is 1. The van der Waals surface area contributed by atoms with Gasteiger partial charge in [0.05, 0.1) is 6.61 Å². The minimum atomic E-state index is -0.468. The fourth-order valence-electron chi connectivity index (χ4n) is 1.78. The Bertz CT molecular complexity index is 363. The van der Waals surface area contributed by atoms with E-state index in [0.717, 1.165) is 6.42 Å². The molecule has 1 aromatic rings. The van der Waals surface area contributed by atoms with Crippen LogP contribution in [0.1, 0.15) is 24.8 Å². The van der Waals surface area contributed by atoms with Crippen molar-refractivity contribution in [3.05, 3.63) is 35.9 Å². The highest BCUT2D eigenvalue weighted by Crippen LogP contribution is 2.58. The second kappa shape index (κ2) is 3.97. The summed E-state index contributed by atoms with van der Waals surface area (Å²) in [6.45, 7) is 2.27. The van der Waals surface area contributed by atoms with E-state index >= 15 is 0 Å². The van der Waals surface area contributed by atoms with Crippen LogP contribution >= 0.6 is 15.9 Å². The summed E-state index contributed by atoms with van der Waals surface area (Å²) in [4.78, 5) is 11.6. The monoisotopic (exact) mass is 268 g/mol. The normalized spacial score (nSPS) is 28.5. The maximum absolute atomic E-state index is 11.6. The summed E-state index contributed by atoms with van der Waals surface area (Å²) >= 11 is 3.48. The van der Waals surface area contributed by atoms with Gasteiger partial charge < -0.3 is 4.74 Å². The van der Waals surface area contributed by atoms with Crippen LogP contribution < -0.4 is 0 Å². The third-order valence-corrected chi connectivity index (χ3v) is 3.91. The molecule has 2 rings (SSSR count). The summed E-state index contributed by atoms with van der Waals surface area (Å²) in [5, 5.41) is 0. The molecule has 0 saturated heterocycles. The maximum Gasteiger partial charge on any atom is 0.323 e. The first-order valence-electron chi connectivity index (χ1n) is 5.09. The van der Waals surface area contributed by atoms with Crippen molar-refractivity contribution in [1.82, 2.24) is 0 Å². The highest BCUT2D eigenvalue weighted by molar-refractivity contribution is 9.10. The van der Waals surface area contributed by atoms with Crippen LogP contribution in [-0.2, 0) is 9.53 Å². The van der Waals surface area contributed by atoms with Crippen LogP contribution in [0.4, 0.5) is 0 Å². The van der Waals surface area contributed by atoms with Crippen molar-refractivity contribution in [2.45, 2.75) is 23.6 Å². The lowest BCUT2D eigenvalue weighted by Gasteiger charge is -2.08. The van der Waals surface area contributed by atoms with Crippen LogP contribution in [-0.4, -0.2) is 16.9 Å². The van der Waals surface area contributed by atoms with Gasteiger partial charge in [0.2, 0.25) is 0 Å². The summed E-state index contributed by atoms with van der Waals surface area (Å²) < 4.78 is 4.57. The van der Waals surface area contributed by atoms with E-state index in [-0.39, 0.29) is 11.9 Å². The molecule has 2 nitrogen and oxygen atoms in total. The van der Waals surface area contributed by atoms with Crippen LogP contribution in [0.3, 0.4) is 0 Å². The molecule has 80 valence electrons. The lowest BCUT2D eigenvalue weighted by Crippen LogP contribution is -2.20. The molecule has 0 aliphatic heterocycles. The second-order valence-electron chi connectivity index (χ2n) is 3.75. The third-order valence-electron chi connectivity index (χ3n) is 2.71. The van der Waals surface area contributed by atoms with Gasteiger partial charge in [-0.1, -0.05) is 46.3 Å². The SMILES string of the molecule is CCOC(=O)[C@@]1(Br)C[C@@H]1c1ccccc1. The Morgan fingerprint density at radius 3 is 2.80 bits per heavy atom. The van der Waals surface area contributed by atoms with Crippen LogP contribution in [0.25, 0.3) is 0 Å². The topological polar surface area (TPSA) is 26.3 Å². The van der Waals surface area contributed by atoms with E-state index in [0.29, 0.717) is 6.61 Å². The van der Waals surface area contributed by atoms with Gasteiger partial charge in [0.15, 0.2) is 0 Å². The third kappa shape index (κ3) is 1.93. The van der Waals surface area contributed by atoms with E-state index in [2.05, 4.69) is 15.9 Å². The fourth-order valence-corrected chi connectivity index (χ4v) is 2.48. The van der Waals surface area contributed by atoms with Gasteiger partial charge >= 0.3 is 5.97 Å². The summed E-state index contributed by atoms with van der Waals surface area (Å²) in [5.41, 5.74) is 1.20. The molecule has 15 heavy (non-hydrogen) atoms. The molecular formula is C12H13BrO2. The average molecular weight is 269 g/mol. The molecule has 1 aliphatic rings. The van der Waals surface area contributed by atoms with Gasteiger partial charge in [-0.05, 0) is 18.9 Å². The minimum Gasteiger partial charge on any atom is -0.465 e. The molecule has 0 N–H and O–H groups in total. The Kier molecular flexibility index (Phi) is 2.83. The molecule has 2 atom stereocenters. The molecule has 0 bridgehead atoms. The Labute approximate surface area is 97.8 Å². The molecule has 0 unspecified atom stereocenters. The second-order valence-corrected chi connectivity index (χ2v) is 5.17. The summed E-state index contributed by atoms with van der Waals surface area (Å²) in [6, 6.07) is 10.1. The lowest BCUT2D eigenvalue weighted by atomic mass is 10.1. The van der Waals surface area contributed by atoms with Crippen molar-refractivity contribution in [2.75, 3.05) is 6.61 Å². The fraction of sp³-hybridized carbons (Fsp3) is 0.417. The molecule has 0 amide bonds. The molecule has 1 aliphatic carbocycles. The standard InChI is InChI=1S/C12H13BrO2/c1-2-15-11(14)12(13)8-10(12)9-6-4-3-5-7-9/h3-7,10H,2,8H2,1H3/t10-,12-/m1/s1. The van der Waals surface area contributed by atoms with E-state index in [4.69, 9.17) is 4.74 Å². The molecule has 3 heteroatoms. The summed E-state index contributed by atoms with van der Waals surface area (Å²) in [5.74, 6) is 0.122. The Balaban J connectivity index is 2.09. The van der Waals surface area contributed by atoms with Gasteiger partial charge in [0, 0.05) is 5.92 Å². The van der Waals surface area contributed by atoms with Crippen molar-refractivity contribution < 1.29 is 9.53 Å². The quantitative estimate of drug-likeness (QED) is 0.623. The first kappa shape index (κ1) is 10.7. The van der Waals surface area contributed by atoms with Crippen LogP contribution in [0.15, 0.2) is 30.3 Å². The molecule has 0 aromatic heterocycles. The van der Waals surface area contributed by atoms with Gasteiger partial charge in [-0.15, -0.1) is 0 Å². The molecule has 1 saturated carbocycles. The number of alkyl halides is 1. The lowest BCUT2D eigenvalue weighted by molar-refractivity contribution is -0.143. The van der Waals surface area contributed by atoms with Crippen molar-refractivity contribution in [3.8, 4) is 0 Å². The molecular weight excluding hydrogens is 256 g/mol. The zero-order valence-corrected chi connectivity index (χ0v) is 10.2. The number of hydrogen-bond donors (Lipinski definition) is 0. The zero-order chi connectivity index (χ0) is 10.9.